The first-order valence-corrected chi connectivity index (χ1v) is 10.2. The van der Waals surface area contributed by atoms with Crippen LogP contribution in [0.25, 0.3) is 0 Å². The fourth-order valence-electron chi connectivity index (χ4n) is 3.50. The van der Waals surface area contributed by atoms with Crippen molar-refractivity contribution in [3.63, 3.8) is 0 Å². The molecule has 7 nitrogen and oxygen atoms in total. The smallest absolute Gasteiger partial charge is 0.328 e. The lowest BCUT2D eigenvalue weighted by Crippen LogP contribution is -2.50. The zero-order valence-electron chi connectivity index (χ0n) is 16.1. The molecule has 1 aromatic heterocycles. The van der Waals surface area contributed by atoms with Crippen molar-refractivity contribution < 1.29 is 15.0 Å². The van der Waals surface area contributed by atoms with Crippen LogP contribution < -0.4 is 4.90 Å². The number of carbonyl (C=O) groups is 1. The van der Waals surface area contributed by atoms with Crippen molar-refractivity contribution in [2.75, 3.05) is 18.0 Å². The number of aromatic amines is 1. The Morgan fingerprint density at radius 3 is 2.75 bits per heavy atom. The highest BCUT2D eigenvalue weighted by Crippen LogP contribution is 2.35. The van der Waals surface area contributed by atoms with Crippen LogP contribution in [0, 0.1) is 0 Å². The van der Waals surface area contributed by atoms with Gasteiger partial charge in [-0.05, 0) is 55.0 Å². The van der Waals surface area contributed by atoms with Crippen LogP contribution in [0.15, 0.2) is 24.3 Å². The maximum atomic E-state index is 13.0. The minimum Gasteiger partial charge on any atom is -0.508 e. The highest BCUT2D eigenvalue weighted by atomic mass is 35.5. The van der Waals surface area contributed by atoms with Gasteiger partial charge in [-0.2, -0.15) is 4.98 Å². The van der Waals surface area contributed by atoms with Crippen LogP contribution in [0.2, 0.25) is 5.28 Å². The van der Waals surface area contributed by atoms with E-state index in [4.69, 9.17) is 11.6 Å². The highest BCUT2D eigenvalue weighted by molar-refractivity contribution is 6.28. The monoisotopic (exact) mass is 406 g/mol. The molecule has 3 N–H and O–H groups in total. The first kappa shape index (κ1) is 20.5. The summed E-state index contributed by atoms with van der Waals surface area (Å²) in [6.07, 6.45) is 4.24. The van der Waals surface area contributed by atoms with E-state index in [0.717, 1.165) is 44.1 Å². The van der Waals surface area contributed by atoms with Gasteiger partial charge in [0.05, 0.1) is 0 Å². The number of nitrogens with one attached hydrogen (secondary N) is 1. The van der Waals surface area contributed by atoms with Crippen molar-refractivity contribution in [3.8, 4) is 5.75 Å². The molecule has 1 unspecified atom stereocenters. The lowest BCUT2D eigenvalue weighted by atomic mass is 10.1. The van der Waals surface area contributed by atoms with Crippen molar-refractivity contribution in [2.45, 2.75) is 51.7 Å². The maximum Gasteiger partial charge on any atom is 0.328 e. The molecule has 1 aliphatic heterocycles. The first-order chi connectivity index (χ1) is 13.5. The van der Waals surface area contributed by atoms with Crippen LogP contribution in [0.1, 0.15) is 56.5 Å². The number of phenolic OH excluding ortho intramolecular Hbond substituents is 1. The molecular formula is C20H27ClN4O3. The van der Waals surface area contributed by atoms with E-state index in [-0.39, 0.29) is 17.1 Å². The van der Waals surface area contributed by atoms with E-state index in [2.05, 4.69) is 16.9 Å². The zero-order chi connectivity index (χ0) is 20.1. The molecule has 1 aromatic carbocycles. The molecule has 0 saturated carbocycles. The quantitative estimate of drug-likeness (QED) is 0.543. The number of anilines is 1. The van der Waals surface area contributed by atoms with Gasteiger partial charge in [0.2, 0.25) is 5.28 Å². The van der Waals surface area contributed by atoms with Gasteiger partial charge in [-0.15, -0.1) is 0 Å². The molecule has 3 rings (SSSR count). The van der Waals surface area contributed by atoms with Gasteiger partial charge >= 0.3 is 6.03 Å². The Labute approximate surface area is 169 Å². The number of hydrogen-bond acceptors (Lipinski definition) is 4. The van der Waals surface area contributed by atoms with Crippen LogP contribution in [0.3, 0.4) is 0 Å². The molecule has 2 aromatic rings. The molecule has 28 heavy (non-hydrogen) atoms. The second kappa shape index (κ2) is 9.30. The van der Waals surface area contributed by atoms with E-state index in [1.54, 1.807) is 17.0 Å². The number of imidazole rings is 1. The number of aryl methyl sites for hydroxylation is 1. The fourth-order valence-corrected chi connectivity index (χ4v) is 3.68. The standard InChI is InChI=1S/C20H27ClN4O3/c1-2-3-5-11-24-17-16(22-19(21)23-17)18(27)25(20(24)28)12-6-4-8-14-9-7-10-15(26)13-14/h7,9-10,13,18,26-27H,2-6,8,11-12H2,1H3,(H,22,23). The van der Waals surface area contributed by atoms with Crippen LogP contribution in [0.4, 0.5) is 10.6 Å². The van der Waals surface area contributed by atoms with Gasteiger partial charge in [-0.25, -0.2) is 4.79 Å². The Morgan fingerprint density at radius 2 is 2.00 bits per heavy atom. The average Bonchev–Trinajstić information content (AvgIpc) is 3.05. The van der Waals surface area contributed by atoms with Gasteiger partial charge in [0, 0.05) is 13.1 Å². The summed E-state index contributed by atoms with van der Waals surface area (Å²) < 4.78 is 0. The Kier molecular flexibility index (Phi) is 6.80. The number of phenols is 1. The predicted molar refractivity (Wildman–Crippen MR) is 109 cm³/mol. The lowest BCUT2D eigenvalue weighted by Gasteiger charge is -2.37. The number of unbranched alkanes of at least 4 members (excludes halogenated alkanes) is 3. The van der Waals surface area contributed by atoms with E-state index in [1.807, 2.05) is 12.1 Å². The molecule has 0 aliphatic carbocycles. The number of urea groups is 1. The molecule has 8 heteroatoms. The Hall–Kier alpha value is -2.25. The Morgan fingerprint density at radius 1 is 1.21 bits per heavy atom. The van der Waals surface area contributed by atoms with E-state index >= 15 is 0 Å². The topological polar surface area (TPSA) is 92.7 Å². The largest absolute Gasteiger partial charge is 0.508 e. The summed E-state index contributed by atoms with van der Waals surface area (Å²) in [7, 11) is 0. The van der Waals surface area contributed by atoms with Gasteiger partial charge in [-0.3, -0.25) is 9.80 Å². The number of amides is 2. The summed E-state index contributed by atoms with van der Waals surface area (Å²) in [4.78, 5) is 23.1. The molecule has 0 radical (unpaired) electrons. The summed E-state index contributed by atoms with van der Waals surface area (Å²) in [5.74, 6) is 0.681. The van der Waals surface area contributed by atoms with Crippen LogP contribution >= 0.6 is 11.6 Å². The van der Waals surface area contributed by atoms with Gasteiger partial charge in [0.25, 0.3) is 0 Å². The van der Waals surface area contributed by atoms with Crippen molar-refractivity contribution in [3.05, 3.63) is 40.8 Å². The molecule has 0 fully saturated rings. The van der Waals surface area contributed by atoms with Crippen molar-refractivity contribution in [1.29, 1.82) is 0 Å². The number of aromatic hydroxyl groups is 1. The van der Waals surface area contributed by atoms with Gasteiger partial charge in [0.1, 0.15) is 11.4 Å². The minimum atomic E-state index is -1.08. The van der Waals surface area contributed by atoms with Gasteiger partial charge in [-0.1, -0.05) is 31.9 Å². The molecule has 1 atom stereocenters. The third kappa shape index (κ3) is 4.59. The molecule has 2 heterocycles. The number of benzene rings is 1. The zero-order valence-corrected chi connectivity index (χ0v) is 16.8. The number of fused-ring (bicyclic) bond motifs is 1. The molecular weight excluding hydrogens is 380 g/mol. The summed E-state index contributed by atoms with van der Waals surface area (Å²) in [5, 5.41) is 20.4. The normalized spacial score (nSPS) is 16.5. The summed E-state index contributed by atoms with van der Waals surface area (Å²) in [6, 6.07) is 6.94. The van der Waals surface area contributed by atoms with Crippen molar-refractivity contribution in [2.24, 2.45) is 0 Å². The van der Waals surface area contributed by atoms with E-state index in [9.17, 15) is 15.0 Å². The SMILES string of the molecule is CCCCCN1C(=O)N(CCCCc2cccc(O)c2)C(O)c2[nH]c(Cl)nc21. The third-order valence-corrected chi connectivity index (χ3v) is 5.16. The molecule has 0 bridgehead atoms. The second-order valence-corrected chi connectivity index (χ2v) is 7.46. The number of aliphatic hydroxyl groups excluding tert-OH is 1. The van der Waals surface area contributed by atoms with Gasteiger partial charge in [0.15, 0.2) is 12.0 Å². The average molecular weight is 407 g/mol. The summed E-state index contributed by atoms with van der Waals surface area (Å²) in [6.45, 7) is 3.09. The van der Waals surface area contributed by atoms with Crippen molar-refractivity contribution >= 4 is 23.4 Å². The molecule has 2 amide bonds. The number of hydrogen-bond donors (Lipinski definition) is 3. The second-order valence-electron chi connectivity index (χ2n) is 7.10. The van der Waals surface area contributed by atoms with Crippen LogP contribution in [-0.2, 0) is 6.42 Å². The highest BCUT2D eigenvalue weighted by Gasteiger charge is 2.38. The molecule has 152 valence electrons. The molecule has 0 saturated heterocycles. The van der Waals surface area contributed by atoms with E-state index in [1.165, 1.54) is 4.90 Å². The number of H-pyrrole nitrogens is 1. The number of carbonyl (C=O) groups excluding carboxylic acids is 1. The lowest BCUT2D eigenvalue weighted by molar-refractivity contribution is 0.0234. The van der Waals surface area contributed by atoms with Crippen LogP contribution in [-0.4, -0.2) is 44.2 Å². The molecule has 1 aliphatic rings. The minimum absolute atomic E-state index is 0.170. The van der Waals surface area contributed by atoms with Crippen molar-refractivity contribution in [1.82, 2.24) is 14.9 Å². The van der Waals surface area contributed by atoms with Gasteiger partial charge < -0.3 is 15.2 Å². The Bertz CT molecular complexity index is 810. The number of aliphatic hydroxyl groups is 1. The summed E-state index contributed by atoms with van der Waals surface area (Å²) in [5.41, 5.74) is 1.52. The number of halogens is 1. The van der Waals surface area contributed by atoms with E-state index < -0.39 is 6.23 Å². The predicted octanol–water partition coefficient (Wildman–Crippen LogP) is 4.21. The van der Waals surface area contributed by atoms with E-state index in [0.29, 0.717) is 24.6 Å². The fraction of sp³-hybridized carbons (Fsp3) is 0.500. The third-order valence-electron chi connectivity index (χ3n) is 4.98. The number of rotatable bonds is 9. The first-order valence-electron chi connectivity index (χ1n) is 9.80. The number of nitrogens with zero attached hydrogens (tertiary/aromatic N) is 3. The Balaban J connectivity index is 1.64. The number of aromatic nitrogens is 2. The molecule has 0 spiro atoms. The summed E-state index contributed by atoms with van der Waals surface area (Å²) >= 11 is 5.99. The maximum absolute atomic E-state index is 13.0. The van der Waals surface area contributed by atoms with Crippen LogP contribution in [0.5, 0.6) is 5.75 Å².